The fourth-order valence-corrected chi connectivity index (χ4v) is 2.25. The number of benzene rings is 1. The lowest BCUT2D eigenvalue weighted by atomic mass is 10.1. The van der Waals surface area contributed by atoms with Gasteiger partial charge in [-0.3, -0.25) is 0 Å². The molecule has 0 unspecified atom stereocenters. The van der Waals surface area contributed by atoms with Crippen LogP contribution in [0, 0.1) is 11.8 Å². The summed E-state index contributed by atoms with van der Waals surface area (Å²) in [5, 5.41) is 4.83. The van der Waals surface area contributed by atoms with Crippen LogP contribution in [0.4, 0.5) is 0 Å². The van der Waals surface area contributed by atoms with E-state index in [1.807, 2.05) is 6.92 Å². The minimum Gasteiger partial charge on any atom is -0.347 e. The second-order valence-corrected chi connectivity index (χ2v) is 5.07. The molecular weight excluding hydrogens is 232 g/mol. The van der Waals surface area contributed by atoms with Crippen molar-refractivity contribution in [2.24, 2.45) is 0 Å². The summed E-state index contributed by atoms with van der Waals surface area (Å²) in [6.45, 7) is 8.13. The van der Waals surface area contributed by atoms with Crippen molar-refractivity contribution in [3.8, 4) is 11.8 Å². The smallest absolute Gasteiger partial charge is 0.0483 e. The summed E-state index contributed by atoms with van der Waals surface area (Å²) >= 11 is 0. The van der Waals surface area contributed by atoms with E-state index >= 15 is 0 Å². The van der Waals surface area contributed by atoms with Gasteiger partial charge < -0.3 is 9.88 Å². The number of nitrogens with one attached hydrogen (secondary N) is 1. The summed E-state index contributed by atoms with van der Waals surface area (Å²) in [7, 11) is 0. The van der Waals surface area contributed by atoms with Gasteiger partial charge in [0.1, 0.15) is 0 Å². The molecule has 2 aromatic rings. The average molecular weight is 254 g/mol. The van der Waals surface area contributed by atoms with Gasteiger partial charge >= 0.3 is 0 Å². The first kappa shape index (κ1) is 13.7. The van der Waals surface area contributed by atoms with E-state index in [0.29, 0.717) is 6.04 Å². The van der Waals surface area contributed by atoms with Gasteiger partial charge in [0.25, 0.3) is 0 Å². The largest absolute Gasteiger partial charge is 0.347 e. The topological polar surface area (TPSA) is 17.0 Å². The summed E-state index contributed by atoms with van der Waals surface area (Å²) in [5.41, 5.74) is 2.67. The quantitative estimate of drug-likeness (QED) is 0.807. The Morgan fingerprint density at radius 2 is 2.11 bits per heavy atom. The van der Waals surface area contributed by atoms with Crippen molar-refractivity contribution in [3.63, 3.8) is 0 Å². The lowest BCUT2D eigenvalue weighted by Crippen LogP contribution is -2.21. The molecule has 100 valence electrons. The lowest BCUT2D eigenvalue weighted by molar-refractivity contribution is 0.590. The Kier molecular flexibility index (Phi) is 4.65. The van der Waals surface area contributed by atoms with Crippen molar-refractivity contribution in [1.82, 2.24) is 9.88 Å². The van der Waals surface area contributed by atoms with Gasteiger partial charge in [0.05, 0.1) is 0 Å². The zero-order valence-corrected chi connectivity index (χ0v) is 12.0. The van der Waals surface area contributed by atoms with Crippen LogP contribution in [0.3, 0.4) is 0 Å². The van der Waals surface area contributed by atoms with E-state index < -0.39 is 0 Å². The number of rotatable bonds is 5. The first-order valence-corrected chi connectivity index (χ1v) is 6.92. The molecule has 1 aromatic carbocycles. The zero-order valence-electron chi connectivity index (χ0n) is 12.0. The summed E-state index contributed by atoms with van der Waals surface area (Å²) in [4.78, 5) is 0. The Morgan fingerprint density at radius 3 is 2.84 bits per heavy atom. The van der Waals surface area contributed by atoms with Crippen LogP contribution in [-0.4, -0.2) is 10.6 Å². The van der Waals surface area contributed by atoms with Gasteiger partial charge in [-0.05, 0) is 24.6 Å². The molecule has 0 aliphatic heterocycles. The highest BCUT2D eigenvalue weighted by Crippen LogP contribution is 2.20. The minimum absolute atomic E-state index is 0.511. The Hall–Kier alpha value is -1.72. The van der Waals surface area contributed by atoms with E-state index in [1.165, 1.54) is 16.5 Å². The Bertz CT molecular complexity index is 596. The molecule has 1 aromatic heterocycles. The molecule has 0 amide bonds. The van der Waals surface area contributed by atoms with E-state index in [0.717, 1.165) is 19.5 Å². The van der Waals surface area contributed by atoms with Crippen molar-refractivity contribution in [3.05, 3.63) is 36.0 Å². The lowest BCUT2D eigenvalue weighted by Gasteiger charge is -2.10. The molecule has 0 aliphatic rings. The molecular formula is C17H22N2. The van der Waals surface area contributed by atoms with Crippen LogP contribution in [0.2, 0.25) is 0 Å². The van der Waals surface area contributed by atoms with Gasteiger partial charge in [0.2, 0.25) is 0 Å². The zero-order chi connectivity index (χ0) is 13.7. The molecule has 0 fully saturated rings. The van der Waals surface area contributed by atoms with Gasteiger partial charge in [0, 0.05) is 42.7 Å². The number of hydrogen-bond donors (Lipinski definition) is 1. The molecule has 0 spiro atoms. The van der Waals surface area contributed by atoms with Crippen LogP contribution in [-0.2, 0) is 13.1 Å². The van der Waals surface area contributed by atoms with E-state index in [4.69, 9.17) is 0 Å². The number of nitrogens with zero attached hydrogens (tertiary/aromatic N) is 1. The SMILES string of the molecule is CC#CCCn1ccc2c(CNC(C)C)cccc21. The van der Waals surface area contributed by atoms with Gasteiger partial charge in [-0.2, -0.15) is 0 Å². The summed E-state index contributed by atoms with van der Waals surface area (Å²) in [6, 6.07) is 9.26. The number of fused-ring (bicyclic) bond motifs is 1. The standard InChI is InChI=1S/C17H22N2/c1-4-5-6-11-19-12-10-16-15(13-18-14(2)3)8-7-9-17(16)19/h7-10,12,14,18H,6,11,13H2,1-3H3. The van der Waals surface area contributed by atoms with Crippen molar-refractivity contribution in [2.45, 2.75) is 46.3 Å². The third-order valence-corrected chi connectivity index (χ3v) is 3.26. The van der Waals surface area contributed by atoms with E-state index in [9.17, 15) is 0 Å². The summed E-state index contributed by atoms with van der Waals surface area (Å²) in [5.74, 6) is 6.07. The van der Waals surface area contributed by atoms with Crippen LogP contribution >= 0.6 is 0 Å². The molecule has 0 saturated heterocycles. The van der Waals surface area contributed by atoms with Crippen molar-refractivity contribution >= 4 is 10.9 Å². The maximum atomic E-state index is 3.48. The van der Waals surface area contributed by atoms with Gasteiger partial charge in [-0.1, -0.05) is 26.0 Å². The second kappa shape index (κ2) is 6.45. The molecule has 0 atom stereocenters. The molecule has 1 heterocycles. The monoisotopic (exact) mass is 254 g/mol. The van der Waals surface area contributed by atoms with Crippen molar-refractivity contribution in [2.75, 3.05) is 0 Å². The van der Waals surface area contributed by atoms with Crippen molar-refractivity contribution in [1.29, 1.82) is 0 Å². The summed E-state index contributed by atoms with van der Waals surface area (Å²) < 4.78 is 2.29. The van der Waals surface area contributed by atoms with E-state index in [-0.39, 0.29) is 0 Å². The normalized spacial score (nSPS) is 10.7. The molecule has 0 aliphatic carbocycles. The van der Waals surface area contributed by atoms with Crippen LogP contribution in [0.15, 0.2) is 30.5 Å². The molecule has 0 bridgehead atoms. The number of aryl methyl sites for hydroxylation is 1. The predicted molar refractivity (Wildman–Crippen MR) is 82.0 cm³/mol. The molecule has 19 heavy (non-hydrogen) atoms. The molecule has 2 nitrogen and oxygen atoms in total. The molecule has 2 rings (SSSR count). The first-order valence-electron chi connectivity index (χ1n) is 6.92. The third-order valence-electron chi connectivity index (χ3n) is 3.26. The fraction of sp³-hybridized carbons (Fsp3) is 0.412. The minimum atomic E-state index is 0.511. The van der Waals surface area contributed by atoms with Crippen LogP contribution < -0.4 is 5.32 Å². The maximum Gasteiger partial charge on any atom is 0.0483 e. The van der Waals surface area contributed by atoms with Gasteiger partial charge in [-0.25, -0.2) is 0 Å². The molecule has 0 saturated carbocycles. The highest BCUT2D eigenvalue weighted by molar-refractivity contribution is 5.83. The Balaban J connectivity index is 2.22. The van der Waals surface area contributed by atoms with E-state index in [1.54, 1.807) is 0 Å². The summed E-state index contributed by atoms with van der Waals surface area (Å²) in [6.07, 6.45) is 3.08. The van der Waals surface area contributed by atoms with Crippen LogP contribution in [0.25, 0.3) is 10.9 Å². The fourth-order valence-electron chi connectivity index (χ4n) is 2.25. The highest BCUT2D eigenvalue weighted by Gasteiger charge is 2.05. The van der Waals surface area contributed by atoms with Crippen LogP contribution in [0.5, 0.6) is 0 Å². The van der Waals surface area contributed by atoms with Crippen LogP contribution in [0.1, 0.15) is 32.8 Å². The maximum absolute atomic E-state index is 3.48. The average Bonchev–Trinajstić information content (AvgIpc) is 2.80. The van der Waals surface area contributed by atoms with Gasteiger partial charge in [0.15, 0.2) is 0 Å². The first-order chi connectivity index (χ1) is 9.22. The predicted octanol–water partition coefficient (Wildman–Crippen LogP) is 3.55. The van der Waals surface area contributed by atoms with Crippen molar-refractivity contribution < 1.29 is 0 Å². The third kappa shape index (κ3) is 3.39. The highest BCUT2D eigenvalue weighted by atomic mass is 14.9. The molecule has 1 N–H and O–H groups in total. The number of aromatic nitrogens is 1. The van der Waals surface area contributed by atoms with Gasteiger partial charge in [-0.15, -0.1) is 11.8 Å². The molecule has 0 radical (unpaired) electrons. The Morgan fingerprint density at radius 1 is 1.26 bits per heavy atom. The number of hydrogen-bond acceptors (Lipinski definition) is 1. The molecule has 2 heteroatoms. The Labute approximate surface area is 115 Å². The van der Waals surface area contributed by atoms with E-state index in [2.05, 4.69) is 66.0 Å². The second-order valence-electron chi connectivity index (χ2n) is 5.07.